The summed E-state index contributed by atoms with van der Waals surface area (Å²) in [4.78, 5) is 0.703. The van der Waals surface area contributed by atoms with Crippen LogP contribution in [0, 0.1) is 5.82 Å². The maximum Gasteiger partial charge on any atom is 0.245 e. The van der Waals surface area contributed by atoms with E-state index >= 15 is 0 Å². The van der Waals surface area contributed by atoms with E-state index in [-0.39, 0.29) is 16.6 Å². The van der Waals surface area contributed by atoms with Crippen molar-refractivity contribution < 1.29 is 12.8 Å². The zero-order valence-corrected chi connectivity index (χ0v) is 12.7. The van der Waals surface area contributed by atoms with E-state index in [1.807, 2.05) is 17.5 Å². The predicted molar refractivity (Wildman–Crippen MR) is 78.5 cm³/mol. The van der Waals surface area contributed by atoms with Crippen LogP contribution in [0.4, 0.5) is 10.1 Å². The smallest absolute Gasteiger partial charge is 0.245 e. The molecule has 0 spiro atoms. The van der Waals surface area contributed by atoms with Crippen LogP contribution in [0.5, 0.6) is 0 Å². The molecule has 1 unspecified atom stereocenters. The minimum atomic E-state index is -3.84. The van der Waals surface area contributed by atoms with Gasteiger partial charge < -0.3 is 5.73 Å². The Labute approximate surface area is 121 Å². The van der Waals surface area contributed by atoms with Gasteiger partial charge >= 0.3 is 0 Å². The molecule has 0 saturated heterocycles. The lowest BCUT2D eigenvalue weighted by Crippen LogP contribution is -2.30. The fourth-order valence-corrected chi connectivity index (χ4v) is 4.17. The molecule has 0 fully saturated rings. The lowest BCUT2D eigenvalue weighted by Gasteiger charge is -2.24. The van der Waals surface area contributed by atoms with Crippen LogP contribution < -0.4 is 5.73 Å². The highest BCUT2D eigenvalue weighted by Crippen LogP contribution is 2.31. The number of hydrogen-bond donors (Lipinski definition) is 1. The molecule has 2 N–H and O–H groups in total. The van der Waals surface area contributed by atoms with Crippen LogP contribution in [0.1, 0.15) is 17.8 Å². The fourth-order valence-electron chi connectivity index (χ4n) is 1.81. The number of nitrogens with zero attached hydrogens (tertiary/aromatic N) is 1. The van der Waals surface area contributed by atoms with E-state index in [1.54, 1.807) is 6.92 Å². The molecular weight excluding hydrogens is 299 g/mol. The average molecular weight is 314 g/mol. The Balaban J connectivity index is 2.42. The van der Waals surface area contributed by atoms with Crippen LogP contribution in [-0.4, -0.2) is 19.8 Å². The third-order valence-electron chi connectivity index (χ3n) is 3.17. The number of nitrogen functional groups attached to an aromatic ring is 1. The van der Waals surface area contributed by atoms with E-state index in [0.29, 0.717) is 0 Å². The van der Waals surface area contributed by atoms with Gasteiger partial charge in [0.2, 0.25) is 10.0 Å². The van der Waals surface area contributed by atoms with Gasteiger partial charge in [-0.05, 0) is 30.5 Å². The first-order valence-electron chi connectivity index (χ1n) is 5.91. The number of benzene rings is 1. The molecule has 1 atom stereocenters. The first kappa shape index (κ1) is 15.0. The van der Waals surface area contributed by atoms with Crippen LogP contribution in [0.2, 0.25) is 0 Å². The average Bonchev–Trinajstić information content (AvgIpc) is 2.94. The molecule has 0 saturated carbocycles. The number of sulfonamides is 1. The molecule has 2 rings (SSSR count). The standard InChI is InChI=1S/C13H15FN2O2S2/c1-9(11-6-4-8-19-11)16(2)20(17,18)12-7-3-5-10(14)13(12)15/h3-9H,15H2,1-2H3. The van der Waals surface area contributed by atoms with Gasteiger partial charge in [-0.3, -0.25) is 0 Å². The summed E-state index contributed by atoms with van der Waals surface area (Å²) in [7, 11) is -2.38. The van der Waals surface area contributed by atoms with Crippen LogP contribution >= 0.6 is 11.3 Å². The van der Waals surface area contributed by atoms with Gasteiger partial charge in [0.05, 0.1) is 11.7 Å². The number of nitrogens with two attached hydrogens (primary N) is 1. The van der Waals surface area contributed by atoms with Crippen LogP contribution in [0.15, 0.2) is 40.6 Å². The van der Waals surface area contributed by atoms with Crippen molar-refractivity contribution in [2.45, 2.75) is 17.9 Å². The van der Waals surface area contributed by atoms with Crippen LogP contribution in [0.25, 0.3) is 0 Å². The van der Waals surface area contributed by atoms with Crippen molar-refractivity contribution in [2.24, 2.45) is 0 Å². The fraction of sp³-hybridized carbons (Fsp3) is 0.231. The number of hydrogen-bond acceptors (Lipinski definition) is 4. The molecule has 0 aliphatic heterocycles. The molecule has 4 nitrogen and oxygen atoms in total. The van der Waals surface area contributed by atoms with Crippen molar-refractivity contribution in [3.05, 3.63) is 46.4 Å². The summed E-state index contributed by atoms with van der Waals surface area (Å²) in [5, 5.41) is 1.88. The number of para-hydroxylation sites is 1. The zero-order chi connectivity index (χ0) is 14.9. The summed E-state index contributed by atoms with van der Waals surface area (Å²) >= 11 is 1.47. The quantitative estimate of drug-likeness (QED) is 0.883. The molecule has 1 aromatic heterocycles. The summed E-state index contributed by atoms with van der Waals surface area (Å²) in [5.41, 5.74) is 5.20. The number of anilines is 1. The molecule has 7 heteroatoms. The molecule has 2 aromatic rings. The van der Waals surface area contributed by atoms with E-state index in [9.17, 15) is 12.8 Å². The second kappa shape index (κ2) is 5.51. The number of thiophene rings is 1. The highest BCUT2D eigenvalue weighted by Gasteiger charge is 2.29. The lowest BCUT2D eigenvalue weighted by atomic mass is 10.3. The Kier molecular flexibility index (Phi) is 4.12. The van der Waals surface area contributed by atoms with Crippen LogP contribution in [0.3, 0.4) is 0 Å². The van der Waals surface area contributed by atoms with Gasteiger partial charge in [-0.2, -0.15) is 4.31 Å². The molecule has 0 bridgehead atoms. The molecule has 0 aliphatic carbocycles. The van der Waals surface area contributed by atoms with Gasteiger partial charge in [-0.15, -0.1) is 11.3 Å². The van der Waals surface area contributed by atoms with Gasteiger partial charge in [-0.1, -0.05) is 12.1 Å². The number of rotatable bonds is 4. The third kappa shape index (κ3) is 2.56. The Morgan fingerprint density at radius 3 is 2.60 bits per heavy atom. The Hall–Kier alpha value is -1.44. The van der Waals surface area contributed by atoms with E-state index in [0.717, 1.165) is 10.9 Å². The topological polar surface area (TPSA) is 63.4 Å². The predicted octanol–water partition coefficient (Wildman–Crippen LogP) is 2.85. The van der Waals surface area contributed by atoms with Gasteiger partial charge in [0, 0.05) is 11.9 Å². The second-order valence-electron chi connectivity index (χ2n) is 4.36. The minimum Gasteiger partial charge on any atom is -0.395 e. The molecule has 1 heterocycles. The summed E-state index contributed by atoms with van der Waals surface area (Å²) < 4.78 is 39.7. The van der Waals surface area contributed by atoms with Crippen molar-refractivity contribution in [1.29, 1.82) is 0 Å². The molecule has 0 radical (unpaired) electrons. The monoisotopic (exact) mass is 314 g/mol. The normalized spacial score (nSPS) is 13.6. The van der Waals surface area contributed by atoms with Crippen molar-refractivity contribution in [2.75, 3.05) is 12.8 Å². The van der Waals surface area contributed by atoms with Crippen molar-refractivity contribution in [3.8, 4) is 0 Å². The molecule has 1 aromatic carbocycles. The molecule has 0 amide bonds. The zero-order valence-electron chi connectivity index (χ0n) is 11.1. The van der Waals surface area contributed by atoms with E-state index in [1.165, 1.54) is 34.8 Å². The summed E-state index contributed by atoms with van der Waals surface area (Å²) in [6.45, 7) is 1.78. The van der Waals surface area contributed by atoms with Gasteiger partial charge in [0.25, 0.3) is 0 Å². The Bertz CT molecular complexity index is 699. The summed E-state index contributed by atoms with van der Waals surface area (Å²) in [6, 6.07) is 7.15. The maximum atomic E-state index is 13.4. The van der Waals surface area contributed by atoms with Crippen molar-refractivity contribution in [1.82, 2.24) is 4.31 Å². The highest BCUT2D eigenvalue weighted by atomic mass is 32.2. The van der Waals surface area contributed by atoms with E-state index in [4.69, 9.17) is 5.73 Å². The largest absolute Gasteiger partial charge is 0.395 e. The van der Waals surface area contributed by atoms with Gasteiger partial charge in [0.15, 0.2) is 0 Å². The summed E-state index contributed by atoms with van der Waals surface area (Å²) in [6.07, 6.45) is 0. The second-order valence-corrected chi connectivity index (χ2v) is 7.31. The van der Waals surface area contributed by atoms with Crippen molar-refractivity contribution >= 4 is 27.0 Å². The minimum absolute atomic E-state index is 0.205. The first-order chi connectivity index (χ1) is 9.35. The SMILES string of the molecule is CC(c1cccs1)N(C)S(=O)(=O)c1cccc(F)c1N. The first-order valence-corrected chi connectivity index (χ1v) is 8.23. The van der Waals surface area contributed by atoms with Crippen LogP contribution in [-0.2, 0) is 10.0 Å². The molecule has 108 valence electrons. The van der Waals surface area contributed by atoms with E-state index < -0.39 is 15.8 Å². The lowest BCUT2D eigenvalue weighted by molar-refractivity contribution is 0.403. The molecule has 0 aliphatic rings. The maximum absolute atomic E-state index is 13.4. The van der Waals surface area contributed by atoms with Crippen molar-refractivity contribution in [3.63, 3.8) is 0 Å². The molecule has 20 heavy (non-hydrogen) atoms. The third-order valence-corrected chi connectivity index (χ3v) is 6.20. The highest BCUT2D eigenvalue weighted by molar-refractivity contribution is 7.89. The summed E-state index contributed by atoms with van der Waals surface area (Å²) in [5.74, 6) is -0.733. The van der Waals surface area contributed by atoms with E-state index in [2.05, 4.69) is 0 Å². The Morgan fingerprint density at radius 1 is 1.30 bits per heavy atom. The van der Waals surface area contributed by atoms with Gasteiger partial charge in [-0.25, -0.2) is 12.8 Å². The van der Waals surface area contributed by atoms with Gasteiger partial charge in [0.1, 0.15) is 10.7 Å². The number of halogens is 1. The molecular formula is C13H15FN2O2S2. The Morgan fingerprint density at radius 2 is 2.00 bits per heavy atom.